The zero-order valence-electron chi connectivity index (χ0n) is 13.6. The van der Waals surface area contributed by atoms with Gasteiger partial charge >= 0.3 is 5.97 Å². The quantitative estimate of drug-likeness (QED) is 0.314. The molecule has 0 bridgehead atoms. The van der Waals surface area contributed by atoms with Crippen LogP contribution in [0.2, 0.25) is 0 Å². The third kappa shape index (κ3) is 5.66. The highest BCUT2D eigenvalue weighted by atomic mass is 16.4. The lowest BCUT2D eigenvalue weighted by atomic mass is 10.2. The van der Waals surface area contributed by atoms with Crippen molar-refractivity contribution in [2.75, 3.05) is 11.9 Å². The zero-order chi connectivity index (χ0) is 18.1. The minimum atomic E-state index is -0.821. The number of nitrogens with one attached hydrogen (secondary N) is 3. The summed E-state index contributed by atoms with van der Waals surface area (Å²) in [5.41, 5.74) is 1.55. The molecule has 8 heteroatoms. The molecule has 0 aliphatic heterocycles. The van der Waals surface area contributed by atoms with Gasteiger partial charge in [-0.15, -0.1) is 0 Å². The van der Waals surface area contributed by atoms with Gasteiger partial charge in [0.2, 0.25) is 0 Å². The first-order chi connectivity index (χ1) is 12.1. The number of unbranched alkanes of at least 4 members (excludes halogenated alkanes) is 2. The van der Waals surface area contributed by atoms with Gasteiger partial charge in [0, 0.05) is 30.2 Å². The Morgan fingerprint density at radius 3 is 2.92 bits per heavy atom. The Bertz CT molecular complexity index is 819. The summed E-state index contributed by atoms with van der Waals surface area (Å²) in [7, 11) is 0. The van der Waals surface area contributed by atoms with Crippen molar-refractivity contribution in [2.24, 2.45) is 0 Å². The average molecular weight is 341 g/mol. The number of carboxylic acids is 1. The summed E-state index contributed by atoms with van der Waals surface area (Å²) in [5.74, 6) is -1.28. The lowest BCUT2D eigenvalue weighted by Gasteiger charge is -2.05. The van der Waals surface area contributed by atoms with Gasteiger partial charge in [0.05, 0.1) is 11.7 Å². The van der Waals surface area contributed by atoms with Crippen molar-refractivity contribution in [3.05, 3.63) is 36.2 Å². The van der Waals surface area contributed by atoms with Crippen LogP contribution >= 0.6 is 0 Å². The van der Waals surface area contributed by atoms with E-state index < -0.39 is 11.9 Å². The molecule has 1 amide bonds. The number of carbonyl (C=O) groups excluding carboxylic acids is 1. The molecule has 25 heavy (non-hydrogen) atoms. The first-order valence-corrected chi connectivity index (χ1v) is 7.90. The van der Waals surface area contributed by atoms with E-state index in [-0.39, 0.29) is 12.0 Å². The number of aromatic amines is 1. The van der Waals surface area contributed by atoms with Crippen LogP contribution in [0.1, 0.15) is 25.7 Å². The van der Waals surface area contributed by atoms with Crippen LogP contribution in [0.4, 0.5) is 5.69 Å². The van der Waals surface area contributed by atoms with Crippen LogP contribution < -0.4 is 10.6 Å². The molecule has 0 radical (unpaired) electrons. The van der Waals surface area contributed by atoms with E-state index in [2.05, 4.69) is 20.8 Å². The number of rotatable bonds is 9. The van der Waals surface area contributed by atoms with Crippen LogP contribution in [0.15, 0.2) is 36.2 Å². The fourth-order valence-corrected chi connectivity index (χ4v) is 2.21. The van der Waals surface area contributed by atoms with Crippen LogP contribution in [-0.2, 0) is 9.59 Å². The van der Waals surface area contributed by atoms with Gasteiger partial charge in [0.15, 0.2) is 0 Å². The average Bonchev–Trinajstić information content (AvgIpc) is 3.06. The van der Waals surface area contributed by atoms with Crippen LogP contribution in [0.25, 0.3) is 10.9 Å². The second-order valence-electron chi connectivity index (χ2n) is 5.45. The fraction of sp³-hybridized carbons (Fsp3) is 0.294. The highest BCUT2D eigenvalue weighted by molar-refractivity contribution is 5.97. The molecule has 2 aromatic rings. The SMILES string of the molecule is N#C/C(=C/Nc1ccc2cn[nH]c2c1)C(=O)NCCCCCC(=O)O. The largest absolute Gasteiger partial charge is 0.481 e. The minimum Gasteiger partial charge on any atom is -0.481 e. The van der Waals surface area contributed by atoms with E-state index >= 15 is 0 Å². The van der Waals surface area contributed by atoms with Crippen molar-refractivity contribution in [2.45, 2.75) is 25.7 Å². The number of aliphatic carboxylic acids is 1. The lowest BCUT2D eigenvalue weighted by molar-refractivity contribution is -0.137. The van der Waals surface area contributed by atoms with Crippen molar-refractivity contribution in [3.8, 4) is 6.07 Å². The van der Waals surface area contributed by atoms with Crippen LogP contribution in [-0.4, -0.2) is 33.7 Å². The molecule has 1 aromatic heterocycles. The number of carbonyl (C=O) groups is 2. The Balaban J connectivity index is 1.81. The van der Waals surface area contributed by atoms with Gasteiger partial charge < -0.3 is 15.7 Å². The number of nitrogens with zero attached hydrogens (tertiary/aromatic N) is 2. The van der Waals surface area contributed by atoms with E-state index in [1.54, 1.807) is 6.20 Å². The topological polar surface area (TPSA) is 131 Å². The molecule has 0 saturated carbocycles. The summed E-state index contributed by atoms with van der Waals surface area (Å²) in [6.07, 6.45) is 5.14. The monoisotopic (exact) mass is 341 g/mol. The van der Waals surface area contributed by atoms with Crippen LogP contribution in [0, 0.1) is 11.3 Å². The molecule has 0 spiro atoms. The van der Waals surface area contributed by atoms with E-state index in [1.165, 1.54) is 6.20 Å². The molecule has 8 nitrogen and oxygen atoms in total. The predicted octanol–water partition coefficient (Wildman–Crippen LogP) is 2.14. The van der Waals surface area contributed by atoms with Crippen molar-refractivity contribution < 1.29 is 14.7 Å². The molecule has 2 rings (SSSR count). The smallest absolute Gasteiger partial charge is 0.303 e. The standard InChI is InChI=1S/C17H19N5O3/c18-9-13(17(25)19-7-3-1-2-4-16(23)24)10-20-14-6-5-12-11-21-22-15(12)8-14/h5-6,8,10-11,20H,1-4,7H2,(H,19,25)(H,21,22)(H,23,24)/b13-10-. The molecule has 0 fully saturated rings. The maximum Gasteiger partial charge on any atom is 0.303 e. The Hall–Kier alpha value is -3.34. The van der Waals surface area contributed by atoms with E-state index in [9.17, 15) is 9.59 Å². The molecule has 0 unspecified atom stereocenters. The van der Waals surface area contributed by atoms with Crippen LogP contribution in [0.3, 0.4) is 0 Å². The van der Waals surface area contributed by atoms with Gasteiger partial charge in [-0.1, -0.05) is 6.42 Å². The minimum absolute atomic E-state index is 0.0322. The third-order valence-corrected chi connectivity index (χ3v) is 3.54. The Morgan fingerprint density at radius 2 is 2.16 bits per heavy atom. The summed E-state index contributed by atoms with van der Waals surface area (Å²) in [6.45, 7) is 0.400. The molecule has 0 aliphatic rings. The number of carboxylic acid groups (broad SMARTS) is 1. The Labute approximate surface area is 144 Å². The molecule has 0 aliphatic carbocycles. The van der Waals surface area contributed by atoms with Gasteiger partial charge in [-0.2, -0.15) is 10.4 Å². The number of anilines is 1. The van der Waals surface area contributed by atoms with E-state index in [0.717, 1.165) is 16.6 Å². The van der Waals surface area contributed by atoms with Gasteiger partial charge in [0.1, 0.15) is 11.6 Å². The van der Waals surface area contributed by atoms with Gasteiger partial charge in [-0.05, 0) is 31.0 Å². The zero-order valence-corrected chi connectivity index (χ0v) is 13.6. The number of hydrogen-bond acceptors (Lipinski definition) is 5. The van der Waals surface area contributed by atoms with Gasteiger partial charge in [-0.25, -0.2) is 0 Å². The summed E-state index contributed by atoms with van der Waals surface area (Å²) < 4.78 is 0. The Kier molecular flexibility index (Phi) is 6.54. The normalized spacial score (nSPS) is 11.1. The Morgan fingerprint density at radius 1 is 1.32 bits per heavy atom. The van der Waals surface area contributed by atoms with Crippen LogP contribution in [0.5, 0.6) is 0 Å². The van der Waals surface area contributed by atoms with Crippen molar-refractivity contribution in [1.29, 1.82) is 5.26 Å². The molecular weight excluding hydrogens is 322 g/mol. The molecule has 0 atom stereocenters. The summed E-state index contributed by atoms with van der Waals surface area (Å²) in [5, 5.41) is 31.0. The van der Waals surface area contributed by atoms with E-state index in [1.807, 2.05) is 24.3 Å². The molecule has 130 valence electrons. The molecule has 1 aromatic carbocycles. The summed E-state index contributed by atoms with van der Waals surface area (Å²) in [4.78, 5) is 22.3. The number of nitriles is 1. The first kappa shape index (κ1) is 18.0. The number of aromatic nitrogens is 2. The predicted molar refractivity (Wildman–Crippen MR) is 92.5 cm³/mol. The maximum atomic E-state index is 12.0. The fourth-order valence-electron chi connectivity index (χ4n) is 2.21. The number of fused-ring (bicyclic) bond motifs is 1. The second-order valence-corrected chi connectivity index (χ2v) is 5.45. The van der Waals surface area contributed by atoms with Gasteiger partial charge in [0.25, 0.3) is 5.91 Å². The highest BCUT2D eigenvalue weighted by Gasteiger charge is 2.08. The molecule has 0 saturated heterocycles. The van der Waals surface area contributed by atoms with E-state index in [4.69, 9.17) is 10.4 Å². The molecule has 4 N–H and O–H groups in total. The van der Waals surface area contributed by atoms with Crippen molar-refractivity contribution in [3.63, 3.8) is 0 Å². The van der Waals surface area contributed by atoms with Gasteiger partial charge in [-0.3, -0.25) is 14.7 Å². The lowest BCUT2D eigenvalue weighted by Crippen LogP contribution is -2.26. The summed E-state index contributed by atoms with van der Waals surface area (Å²) >= 11 is 0. The third-order valence-electron chi connectivity index (χ3n) is 3.54. The number of H-pyrrole nitrogens is 1. The van der Waals surface area contributed by atoms with E-state index in [0.29, 0.717) is 25.8 Å². The molecule has 1 heterocycles. The maximum absolute atomic E-state index is 12.0. The first-order valence-electron chi connectivity index (χ1n) is 7.90. The number of amides is 1. The number of hydrogen-bond donors (Lipinski definition) is 4. The van der Waals surface area contributed by atoms with Crippen molar-refractivity contribution >= 4 is 28.5 Å². The number of benzene rings is 1. The summed E-state index contributed by atoms with van der Waals surface area (Å²) in [6, 6.07) is 7.38. The highest BCUT2D eigenvalue weighted by Crippen LogP contribution is 2.16. The second kappa shape index (κ2) is 9.08. The molecular formula is C17H19N5O3. The van der Waals surface area contributed by atoms with Crippen molar-refractivity contribution in [1.82, 2.24) is 15.5 Å².